The first kappa shape index (κ1) is 17.7. The fraction of sp³-hybridized carbons (Fsp3) is 0.158. The van der Waals surface area contributed by atoms with Crippen molar-refractivity contribution < 1.29 is 9.53 Å². The largest absolute Gasteiger partial charge is 0.497 e. The molecule has 0 spiro atoms. The van der Waals surface area contributed by atoms with E-state index in [1.54, 1.807) is 23.8 Å². The molecular weight excluding hydrogens is 348 g/mol. The van der Waals surface area contributed by atoms with Gasteiger partial charge in [-0.15, -0.1) is 10.2 Å². The van der Waals surface area contributed by atoms with E-state index in [1.165, 1.54) is 11.8 Å². The number of hydrogen-bond donors (Lipinski definition) is 0. The average Bonchev–Trinajstić information content (AvgIpc) is 3.09. The summed E-state index contributed by atoms with van der Waals surface area (Å²) < 4.78 is 6.98. The molecule has 0 aliphatic heterocycles. The van der Waals surface area contributed by atoms with Gasteiger partial charge in [-0.25, -0.2) is 0 Å². The van der Waals surface area contributed by atoms with E-state index in [0.29, 0.717) is 16.5 Å². The van der Waals surface area contributed by atoms with E-state index in [2.05, 4.69) is 16.3 Å². The van der Waals surface area contributed by atoms with Crippen LogP contribution in [0.25, 0.3) is 5.69 Å². The standard InChI is InChI=1S/C19H16N4O2S/c1-25-16-9-7-15(8-10-16)23-18(11-12-20)21-22-19(23)26-13-17(24)14-5-3-2-4-6-14/h2-10H,11,13H2,1H3. The van der Waals surface area contributed by atoms with E-state index in [0.717, 1.165) is 11.4 Å². The zero-order valence-electron chi connectivity index (χ0n) is 14.1. The van der Waals surface area contributed by atoms with Gasteiger partial charge in [-0.1, -0.05) is 42.1 Å². The van der Waals surface area contributed by atoms with E-state index in [9.17, 15) is 4.79 Å². The molecule has 0 aliphatic carbocycles. The minimum atomic E-state index is 0.0155. The monoisotopic (exact) mass is 364 g/mol. The van der Waals surface area contributed by atoms with Crippen LogP contribution in [-0.2, 0) is 6.42 Å². The van der Waals surface area contributed by atoms with E-state index >= 15 is 0 Å². The molecular formula is C19H16N4O2S. The highest BCUT2D eigenvalue weighted by Crippen LogP contribution is 2.24. The second kappa shape index (κ2) is 8.32. The van der Waals surface area contributed by atoms with E-state index < -0.39 is 0 Å². The number of benzene rings is 2. The second-order valence-electron chi connectivity index (χ2n) is 5.35. The Balaban J connectivity index is 1.85. The Morgan fingerprint density at radius 3 is 2.54 bits per heavy atom. The molecule has 6 nitrogen and oxygen atoms in total. The van der Waals surface area contributed by atoms with Crippen LogP contribution in [-0.4, -0.2) is 33.4 Å². The second-order valence-corrected chi connectivity index (χ2v) is 6.29. The fourth-order valence-corrected chi connectivity index (χ4v) is 3.27. The molecule has 2 aromatic carbocycles. The first-order chi connectivity index (χ1) is 12.7. The summed E-state index contributed by atoms with van der Waals surface area (Å²) in [7, 11) is 1.60. The van der Waals surface area contributed by atoms with Gasteiger partial charge in [-0.3, -0.25) is 9.36 Å². The van der Waals surface area contributed by atoms with Crippen LogP contribution in [0.5, 0.6) is 5.75 Å². The van der Waals surface area contributed by atoms with Crippen molar-refractivity contribution in [3.8, 4) is 17.5 Å². The minimum absolute atomic E-state index is 0.0155. The number of Topliss-reactive ketones (excluding diaryl/α,β-unsaturated/α-hetero) is 1. The molecule has 0 radical (unpaired) electrons. The van der Waals surface area contributed by atoms with Crippen molar-refractivity contribution >= 4 is 17.5 Å². The quantitative estimate of drug-likeness (QED) is 0.473. The Hall–Kier alpha value is -3.11. The van der Waals surface area contributed by atoms with Crippen LogP contribution in [0.2, 0.25) is 0 Å². The van der Waals surface area contributed by atoms with Gasteiger partial charge >= 0.3 is 0 Å². The van der Waals surface area contributed by atoms with Gasteiger partial charge in [-0.2, -0.15) is 5.26 Å². The highest BCUT2D eigenvalue weighted by molar-refractivity contribution is 7.99. The smallest absolute Gasteiger partial charge is 0.196 e. The summed E-state index contributed by atoms with van der Waals surface area (Å²) in [4.78, 5) is 12.3. The maximum Gasteiger partial charge on any atom is 0.196 e. The lowest BCUT2D eigenvalue weighted by Gasteiger charge is -2.09. The highest BCUT2D eigenvalue weighted by Gasteiger charge is 2.16. The van der Waals surface area contributed by atoms with Gasteiger partial charge in [0.15, 0.2) is 16.8 Å². The van der Waals surface area contributed by atoms with Crippen LogP contribution in [0.1, 0.15) is 16.2 Å². The molecule has 3 aromatic rings. The first-order valence-electron chi connectivity index (χ1n) is 7.89. The maximum atomic E-state index is 12.3. The van der Waals surface area contributed by atoms with E-state index in [1.807, 2.05) is 42.5 Å². The molecule has 0 N–H and O–H groups in total. The number of aromatic nitrogens is 3. The Labute approximate surface area is 155 Å². The molecule has 1 heterocycles. The van der Waals surface area contributed by atoms with Gasteiger partial charge in [0, 0.05) is 11.3 Å². The number of ether oxygens (including phenoxy) is 1. The van der Waals surface area contributed by atoms with Crippen LogP contribution >= 0.6 is 11.8 Å². The lowest BCUT2D eigenvalue weighted by atomic mass is 10.2. The SMILES string of the molecule is COc1ccc(-n2c(CC#N)nnc2SCC(=O)c2ccccc2)cc1. The molecule has 0 bridgehead atoms. The summed E-state index contributed by atoms with van der Waals surface area (Å²) in [6, 6.07) is 18.6. The summed E-state index contributed by atoms with van der Waals surface area (Å²) >= 11 is 1.30. The Morgan fingerprint density at radius 2 is 1.88 bits per heavy atom. The van der Waals surface area contributed by atoms with Gasteiger partial charge in [-0.05, 0) is 24.3 Å². The minimum Gasteiger partial charge on any atom is -0.497 e. The lowest BCUT2D eigenvalue weighted by Crippen LogP contribution is -2.06. The number of hydrogen-bond acceptors (Lipinski definition) is 6. The Morgan fingerprint density at radius 1 is 1.15 bits per heavy atom. The molecule has 1 aromatic heterocycles. The van der Waals surface area contributed by atoms with Gasteiger partial charge < -0.3 is 4.74 Å². The van der Waals surface area contributed by atoms with Crippen molar-refractivity contribution in [3.63, 3.8) is 0 Å². The number of carbonyl (C=O) groups is 1. The van der Waals surface area contributed by atoms with Crippen LogP contribution in [0.15, 0.2) is 59.8 Å². The molecule has 0 aliphatic rings. The Kier molecular flexibility index (Phi) is 5.66. The van der Waals surface area contributed by atoms with Crippen molar-refractivity contribution in [3.05, 3.63) is 66.0 Å². The molecule has 0 saturated carbocycles. The number of carbonyl (C=O) groups excluding carboxylic acids is 1. The topological polar surface area (TPSA) is 80.8 Å². The summed E-state index contributed by atoms with van der Waals surface area (Å²) in [6.45, 7) is 0. The van der Waals surface area contributed by atoms with E-state index in [4.69, 9.17) is 10.00 Å². The molecule has 130 valence electrons. The molecule has 3 rings (SSSR count). The van der Waals surface area contributed by atoms with Gasteiger partial charge in [0.05, 0.1) is 25.4 Å². The zero-order valence-corrected chi connectivity index (χ0v) is 14.9. The maximum absolute atomic E-state index is 12.3. The van der Waals surface area contributed by atoms with Crippen LogP contribution < -0.4 is 4.74 Å². The highest BCUT2D eigenvalue weighted by atomic mass is 32.2. The van der Waals surface area contributed by atoms with Gasteiger partial charge in [0.2, 0.25) is 0 Å². The van der Waals surface area contributed by atoms with Crippen LogP contribution in [0, 0.1) is 11.3 Å². The molecule has 0 saturated heterocycles. The van der Waals surface area contributed by atoms with Crippen molar-refractivity contribution in [1.82, 2.24) is 14.8 Å². The summed E-state index contributed by atoms with van der Waals surface area (Å²) in [5.41, 5.74) is 1.48. The number of thioether (sulfide) groups is 1. The summed E-state index contributed by atoms with van der Waals surface area (Å²) in [5, 5.41) is 17.9. The lowest BCUT2D eigenvalue weighted by molar-refractivity contribution is 0.102. The number of methoxy groups -OCH3 is 1. The van der Waals surface area contributed by atoms with Gasteiger partial charge in [0.1, 0.15) is 5.75 Å². The number of ketones is 1. The Bertz CT molecular complexity index is 930. The molecule has 7 heteroatoms. The van der Waals surface area contributed by atoms with Crippen LogP contribution in [0.3, 0.4) is 0 Å². The van der Waals surface area contributed by atoms with Crippen molar-refractivity contribution in [1.29, 1.82) is 5.26 Å². The zero-order chi connectivity index (χ0) is 18.4. The third-order valence-electron chi connectivity index (χ3n) is 3.70. The molecule has 0 fully saturated rings. The van der Waals surface area contributed by atoms with Crippen molar-refractivity contribution in [2.45, 2.75) is 11.6 Å². The molecule has 0 atom stereocenters. The van der Waals surface area contributed by atoms with E-state index in [-0.39, 0.29) is 18.0 Å². The fourth-order valence-electron chi connectivity index (χ4n) is 2.41. The number of nitriles is 1. The van der Waals surface area contributed by atoms with Crippen LogP contribution in [0.4, 0.5) is 0 Å². The third-order valence-corrected chi connectivity index (χ3v) is 4.63. The summed E-state index contributed by atoms with van der Waals surface area (Å²) in [5.74, 6) is 1.52. The molecule has 26 heavy (non-hydrogen) atoms. The first-order valence-corrected chi connectivity index (χ1v) is 8.88. The predicted molar refractivity (Wildman–Crippen MR) is 98.7 cm³/mol. The number of nitrogens with zero attached hydrogens (tertiary/aromatic N) is 4. The third kappa shape index (κ3) is 3.92. The van der Waals surface area contributed by atoms with Crippen molar-refractivity contribution in [2.24, 2.45) is 0 Å². The number of rotatable bonds is 7. The normalized spacial score (nSPS) is 10.3. The van der Waals surface area contributed by atoms with Crippen molar-refractivity contribution in [2.75, 3.05) is 12.9 Å². The molecule has 0 unspecified atom stereocenters. The predicted octanol–water partition coefficient (Wildman–Crippen LogP) is 3.32. The molecule has 0 amide bonds. The average molecular weight is 364 g/mol. The van der Waals surface area contributed by atoms with Gasteiger partial charge in [0.25, 0.3) is 0 Å². The summed E-state index contributed by atoms with van der Waals surface area (Å²) in [6.07, 6.45) is 0.131.